The Hall–Kier alpha value is -1.94. The van der Waals surface area contributed by atoms with E-state index in [2.05, 4.69) is 14.9 Å². The van der Waals surface area contributed by atoms with Crippen LogP contribution >= 0.6 is 0 Å². The van der Waals surface area contributed by atoms with Gasteiger partial charge in [-0.2, -0.15) is 9.82 Å². The van der Waals surface area contributed by atoms with Crippen LogP contribution in [-0.2, 0) is 24.3 Å². The second-order valence-corrected chi connectivity index (χ2v) is 5.67. The Bertz CT molecular complexity index is 594. The molecule has 20 heavy (non-hydrogen) atoms. The first-order valence-electron chi connectivity index (χ1n) is 5.60. The summed E-state index contributed by atoms with van der Waals surface area (Å²) in [5.41, 5.74) is 0.287. The number of carbonyl (C=O) groups excluding carboxylic acids is 1. The summed E-state index contributed by atoms with van der Waals surface area (Å²) in [5.74, 6) is -1.99. The molecule has 0 saturated heterocycles. The van der Waals surface area contributed by atoms with E-state index in [0.29, 0.717) is 0 Å². The molecule has 1 unspecified atom stereocenters. The highest BCUT2D eigenvalue weighted by molar-refractivity contribution is 7.89. The van der Waals surface area contributed by atoms with Crippen molar-refractivity contribution in [1.82, 2.24) is 14.9 Å². The molecule has 1 aromatic heterocycles. The molecule has 10 heteroatoms. The molecule has 3 N–H and O–H groups in total. The number of aryl methyl sites for hydroxylation is 1. The first-order chi connectivity index (χ1) is 9.27. The Morgan fingerprint density at radius 3 is 2.65 bits per heavy atom. The molecule has 1 atom stereocenters. The number of H-pyrrole nitrogens is 1. The minimum atomic E-state index is -4.02. The average molecular weight is 305 g/mol. The van der Waals surface area contributed by atoms with Gasteiger partial charge in [-0.25, -0.2) is 8.42 Å². The first-order valence-corrected chi connectivity index (χ1v) is 7.08. The van der Waals surface area contributed by atoms with Crippen LogP contribution in [-0.4, -0.2) is 48.8 Å². The molecule has 9 nitrogen and oxygen atoms in total. The van der Waals surface area contributed by atoms with Crippen LogP contribution in [0, 0.1) is 6.92 Å². The molecule has 0 aromatic carbocycles. The van der Waals surface area contributed by atoms with E-state index < -0.39 is 28.0 Å². The number of hydrogen-bond acceptors (Lipinski definition) is 6. The van der Waals surface area contributed by atoms with Gasteiger partial charge in [0.2, 0.25) is 10.0 Å². The van der Waals surface area contributed by atoms with Gasteiger partial charge >= 0.3 is 11.9 Å². The van der Waals surface area contributed by atoms with E-state index in [4.69, 9.17) is 5.11 Å². The second-order valence-electron chi connectivity index (χ2n) is 3.99. The fraction of sp³-hybridized carbons (Fsp3) is 0.500. The van der Waals surface area contributed by atoms with E-state index in [1.165, 1.54) is 6.92 Å². The number of ether oxygens (including phenoxy) is 1. The van der Waals surface area contributed by atoms with Gasteiger partial charge in [0.25, 0.3) is 0 Å². The van der Waals surface area contributed by atoms with Crippen molar-refractivity contribution < 1.29 is 27.9 Å². The summed E-state index contributed by atoms with van der Waals surface area (Å²) in [5, 5.41) is 15.0. The molecule has 0 aliphatic rings. The lowest BCUT2D eigenvalue weighted by molar-refractivity contribution is -0.142. The number of rotatable bonds is 7. The lowest BCUT2D eigenvalue weighted by Gasteiger charge is -2.13. The van der Waals surface area contributed by atoms with Gasteiger partial charge in [0.1, 0.15) is 10.9 Å². The van der Waals surface area contributed by atoms with Gasteiger partial charge in [-0.3, -0.25) is 14.7 Å². The van der Waals surface area contributed by atoms with Crippen LogP contribution in [0.3, 0.4) is 0 Å². The molecule has 0 amide bonds. The lowest BCUT2D eigenvalue weighted by Crippen LogP contribution is -2.41. The molecule has 1 rings (SSSR count). The van der Waals surface area contributed by atoms with Crippen LogP contribution in [0.15, 0.2) is 11.1 Å². The number of carbonyl (C=O) groups is 2. The number of methoxy groups -OCH3 is 1. The number of carboxylic acids is 1. The fourth-order valence-electron chi connectivity index (χ4n) is 1.46. The smallest absolute Gasteiger partial charge is 0.321 e. The summed E-state index contributed by atoms with van der Waals surface area (Å²) in [4.78, 5) is 21.9. The summed E-state index contributed by atoms with van der Waals surface area (Å²) in [6, 6.07) is -1.42. The van der Waals surface area contributed by atoms with Gasteiger partial charge in [0.15, 0.2) is 0 Å². The maximum atomic E-state index is 12.0. The molecular weight excluding hydrogens is 290 g/mol. The zero-order valence-electron chi connectivity index (χ0n) is 10.9. The van der Waals surface area contributed by atoms with E-state index in [0.717, 1.165) is 13.3 Å². The van der Waals surface area contributed by atoms with Crippen molar-refractivity contribution >= 4 is 22.0 Å². The van der Waals surface area contributed by atoms with Crippen LogP contribution in [0.2, 0.25) is 0 Å². The average Bonchev–Trinajstić information content (AvgIpc) is 2.80. The van der Waals surface area contributed by atoms with Gasteiger partial charge in [0.05, 0.1) is 19.0 Å². The Morgan fingerprint density at radius 1 is 1.55 bits per heavy atom. The zero-order valence-corrected chi connectivity index (χ0v) is 11.7. The van der Waals surface area contributed by atoms with Gasteiger partial charge in [-0.15, -0.1) is 0 Å². The lowest BCUT2D eigenvalue weighted by atomic mass is 10.2. The largest absolute Gasteiger partial charge is 0.480 e. The van der Waals surface area contributed by atoms with E-state index in [-0.39, 0.29) is 23.4 Å². The van der Waals surface area contributed by atoms with Gasteiger partial charge in [-0.1, -0.05) is 0 Å². The van der Waals surface area contributed by atoms with Gasteiger partial charge < -0.3 is 9.84 Å². The van der Waals surface area contributed by atoms with Crippen LogP contribution in [0.1, 0.15) is 18.5 Å². The topological polar surface area (TPSA) is 138 Å². The maximum Gasteiger partial charge on any atom is 0.321 e. The predicted octanol–water partition coefficient (Wildman–Crippen LogP) is -0.597. The summed E-state index contributed by atoms with van der Waals surface area (Å²) in [7, 11) is -2.86. The molecule has 0 radical (unpaired) electrons. The first kappa shape index (κ1) is 16.1. The van der Waals surface area contributed by atoms with Crippen molar-refractivity contribution in [3.05, 3.63) is 11.9 Å². The molecule has 0 spiro atoms. The molecule has 0 fully saturated rings. The number of hydrogen-bond donors (Lipinski definition) is 3. The SMILES string of the molecule is COC(=O)CCC(NS(=O)(=O)c1cn[nH]c1C)C(=O)O. The molecule has 1 heterocycles. The highest BCUT2D eigenvalue weighted by atomic mass is 32.2. The standard InChI is InChI=1S/C10H15N3O6S/c1-6-8(5-11-12-6)20(17,18)13-7(10(15)16)3-4-9(14)19-2/h5,7,13H,3-4H2,1-2H3,(H,11,12)(H,15,16). The number of aromatic amines is 1. The van der Waals surface area contributed by atoms with E-state index in [1.54, 1.807) is 0 Å². The summed E-state index contributed by atoms with van der Waals surface area (Å²) in [6.45, 7) is 1.49. The second kappa shape index (κ2) is 6.48. The number of aliphatic carboxylic acids is 1. The number of esters is 1. The molecule has 0 bridgehead atoms. The van der Waals surface area contributed by atoms with Crippen LogP contribution in [0.4, 0.5) is 0 Å². The van der Waals surface area contributed by atoms with Crippen LogP contribution in [0.5, 0.6) is 0 Å². The molecule has 0 aliphatic heterocycles. The summed E-state index contributed by atoms with van der Waals surface area (Å²) in [6.07, 6.45) is 0.662. The third kappa shape index (κ3) is 4.03. The number of sulfonamides is 1. The fourth-order valence-corrected chi connectivity index (χ4v) is 2.82. The molecule has 112 valence electrons. The van der Waals surface area contributed by atoms with E-state index in [1.807, 2.05) is 4.72 Å². The van der Waals surface area contributed by atoms with Gasteiger partial charge in [0, 0.05) is 6.42 Å². The minimum Gasteiger partial charge on any atom is -0.480 e. The highest BCUT2D eigenvalue weighted by Gasteiger charge is 2.27. The Morgan fingerprint density at radius 2 is 2.20 bits per heavy atom. The molecule has 0 aliphatic carbocycles. The Labute approximate surface area is 115 Å². The minimum absolute atomic E-state index is 0.137. The third-order valence-corrected chi connectivity index (χ3v) is 4.12. The molecule has 1 aromatic rings. The maximum absolute atomic E-state index is 12.0. The Balaban J connectivity index is 2.83. The van der Waals surface area contributed by atoms with Crippen molar-refractivity contribution in [3.63, 3.8) is 0 Å². The quantitative estimate of drug-likeness (QED) is 0.572. The number of nitrogens with one attached hydrogen (secondary N) is 2. The highest BCUT2D eigenvalue weighted by Crippen LogP contribution is 2.12. The Kier molecular flexibility index (Phi) is 5.22. The summed E-state index contributed by atoms with van der Waals surface area (Å²) >= 11 is 0. The molecular formula is C10H15N3O6S. The van der Waals surface area contributed by atoms with Crippen molar-refractivity contribution in [2.45, 2.75) is 30.7 Å². The zero-order chi connectivity index (χ0) is 15.3. The normalized spacial score (nSPS) is 12.9. The van der Waals surface area contributed by atoms with Crippen molar-refractivity contribution in [2.24, 2.45) is 0 Å². The number of nitrogens with zero attached hydrogens (tertiary/aromatic N) is 1. The van der Waals surface area contributed by atoms with Crippen molar-refractivity contribution in [1.29, 1.82) is 0 Å². The van der Waals surface area contributed by atoms with Crippen LogP contribution in [0.25, 0.3) is 0 Å². The number of aromatic nitrogens is 2. The van der Waals surface area contributed by atoms with Crippen LogP contribution < -0.4 is 4.72 Å². The summed E-state index contributed by atoms with van der Waals surface area (Å²) < 4.78 is 30.4. The van der Waals surface area contributed by atoms with Crippen molar-refractivity contribution in [2.75, 3.05) is 7.11 Å². The van der Waals surface area contributed by atoms with Gasteiger partial charge in [-0.05, 0) is 13.3 Å². The third-order valence-electron chi connectivity index (χ3n) is 2.53. The predicted molar refractivity (Wildman–Crippen MR) is 66.3 cm³/mol. The number of carboxylic acid groups (broad SMARTS) is 1. The molecule has 0 saturated carbocycles. The monoisotopic (exact) mass is 305 g/mol. The van der Waals surface area contributed by atoms with Crippen molar-refractivity contribution in [3.8, 4) is 0 Å². The van der Waals surface area contributed by atoms with E-state index in [9.17, 15) is 18.0 Å². The van der Waals surface area contributed by atoms with E-state index >= 15 is 0 Å².